The first-order valence-electron chi connectivity index (χ1n) is 8.54. The molecule has 3 nitrogen and oxygen atoms in total. The summed E-state index contributed by atoms with van der Waals surface area (Å²) in [5.41, 5.74) is 3.76. The van der Waals surface area contributed by atoms with Crippen LogP contribution in [0.25, 0.3) is 0 Å². The van der Waals surface area contributed by atoms with Crippen LogP contribution in [0.15, 0.2) is 54.6 Å². The zero-order valence-electron chi connectivity index (χ0n) is 13.8. The summed E-state index contributed by atoms with van der Waals surface area (Å²) in [7, 11) is 0. The second-order valence-corrected chi connectivity index (χ2v) is 6.38. The summed E-state index contributed by atoms with van der Waals surface area (Å²) in [5.74, 6) is 0. The molecule has 3 heteroatoms. The fraction of sp³-hybridized carbons (Fsp3) is 0.400. The first kappa shape index (κ1) is 16.0. The fourth-order valence-electron chi connectivity index (χ4n) is 3.18. The summed E-state index contributed by atoms with van der Waals surface area (Å²) in [6.45, 7) is 4.92. The van der Waals surface area contributed by atoms with Gasteiger partial charge in [0.1, 0.15) is 0 Å². The van der Waals surface area contributed by atoms with Crippen LogP contribution >= 0.6 is 0 Å². The molecule has 2 aromatic carbocycles. The van der Waals surface area contributed by atoms with Gasteiger partial charge in [-0.2, -0.15) is 0 Å². The molecular weight excluding hydrogens is 284 g/mol. The molecule has 1 fully saturated rings. The summed E-state index contributed by atoms with van der Waals surface area (Å²) in [4.78, 5) is 2.42. The molecule has 23 heavy (non-hydrogen) atoms. The molecule has 0 bridgehead atoms. The van der Waals surface area contributed by atoms with Gasteiger partial charge in [-0.15, -0.1) is 0 Å². The van der Waals surface area contributed by atoms with E-state index in [1.807, 2.05) is 6.07 Å². The predicted octanol–water partition coefficient (Wildman–Crippen LogP) is 3.30. The SMILES string of the molecule is CCc1ccc(N[C@@H]2CN(Cc3ccccc3)CC[C@H]2O)cc1. The molecular formula is C20H26N2O. The van der Waals surface area contributed by atoms with Crippen molar-refractivity contribution in [3.05, 3.63) is 65.7 Å². The average Bonchev–Trinajstić information content (AvgIpc) is 2.59. The fourth-order valence-corrected chi connectivity index (χ4v) is 3.18. The minimum Gasteiger partial charge on any atom is -0.391 e. The van der Waals surface area contributed by atoms with Crippen LogP contribution in [0.5, 0.6) is 0 Å². The van der Waals surface area contributed by atoms with Gasteiger partial charge < -0.3 is 10.4 Å². The number of anilines is 1. The number of aryl methyl sites for hydroxylation is 1. The minimum absolute atomic E-state index is 0.0833. The Morgan fingerprint density at radius 3 is 2.48 bits per heavy atom. The zero-order chi connectivity index (χ0) is 16.1. The molecule has 2 N–H and O–H groups in total. The molecule has 122 valence electrons. The van der Waals surface area contributed by atoms with E-state index in [0.29, 0.717) is 0 Å². The molecule has 1 aliphatic heterocycles. The standard InChI is InChI=1S/C20H26N2O/c1-2-16-8-10-18(11-9-16)21-19-15-22(13-12-20(19)23)14-17-6-4-3-5-7-17/h3-11,19-21,23H,2,12-15H2,1H3/t19-,20-/m1/s1. The lowest BCUT2D eigenvalue weighted by Gasteiger charge is -2.37. The number of piperidine rings is 1. The van der Waals surface area contributed by atoms with Crippen molar-refractivity contribution in [3.63, 3.8) is 0 Å². The lowest BCUT2D eigenvalue weighted by Crippen LogP contribution is -2.50. The lowest BCUT2D eigenvalue weighted by atomic mass is 10.0. The molecule has 3 rings (SSSR count). The van der Waals surface area contributed by atoms with Crippen LogP contribution in [-0.2, 0) is 13.0 Å². The predicted molar refractivity (Wildman–Crippen MR) is 95.6 cm³/mol. The normalized spacial score (nSPS) is 22.0. The van der Waals surface area contributed by atoms with Gasteiger partial charge in [0.25, 0.3) is 0 Å². The van der Waals surface area contributed by atoms with Crippen molar-refractivity contribution in [2.45, 2.75) is 38.5 Å². The number of nitrogens with zero attached hydrogens (tertiary/aromatic N) is 1. The van der Waals surface area contributed by atoms with Crippen LogP contribution in [0, 0.1) is 0 Å². The maximum Gasteiger partial charge on any atom is 0.0765 e. The van der Waals surface area contributed by atoms with E-state index in [9.17, 15) is 5.11 Å². The van der Waals surface area contributed by atoms with Crippen molar-refractivity contribution in [1.82, 2.24) is 4.90 Å². The molecule has 0 spiro atoms. The van der Waals surface area contributed by atoms with Gasteiger partial charge in [-0.05, 0) is 36.1 Å². The molecule has 0 amide bonds. The van der Waals surface area contributed by atoms with E-state index in [4.69, 9.17) is 0 Å². The third-order valence-corrected chi connectivity index (χ3v) is 4.62. The molecule has 0 aliphatic carbocycles. The average molecular weight is 310 g/mol. The molecule has 0 aromatic heterocycles. The highest BCUT2D eigenvalue weighted by molar-refractivity contribution is 5.46. The number of rotatable bonds is 5. The van der Waals surface area contributed by atoms with Crippen LogP contribution in [0.1, 0.15) is 24.5 Å². The number of aliphatic hydroxyl groups is 1. The first-order chi connectivity index (χ1) is 11.2. The van der Waals surface area contributed by atoms with Gasteiger partial charge >= 0.3 is 0 Å². The van der Waals surface area contributed by atoms with Crippen LogP contribution < -0.4 is 5.32 Å². The van der Waals surface area contributed by atoms with E-state index < -0.39 is 0 Å². The van der Waals surface area contributed by atoms with Crippen LogP contribution in [0.4, 0.5) is 5.69 Å². The first-order valence-corrected chi connectivity index (χ1v) is 8.54. The second-order valence-electron chi connectivity index (χ2n) is 6.38. The molecule has 2 aromatic rings. The van der Waals surface area contributed by atoms with Crippen LogP contribution in [0.2, 0.25) is 0 Å². The van der Waals surface area contributed by atoms with Crippen molar-refractivity contribution < 1.29 is 5.11 Å². The Labute approximate surface area is 139 Å². The lowest BCUT2D eigenvalue weighted by molar-refractivity contribution is 0.0666. The molecule has 1 aliphatic rings. The van der Waals surface area contributed by atoms with Crippen molar-refractivity contribution in [3.8, 4) is 0 Å². The minimum atomic E-state index is -0.284. The van der Waals surface area contributed by atoms with Crippen LogP contribution in [-0.4, -0.2) is 35.2 Å². The molecule has 0 unspecified atom stereocenters. The van der Waals surface area contributed by atoms with E-state index in [1.54, 1.807) is 0 Å². The Kier molecular flexibility index (Phi) is 5.31. The third-order valence-electron chi connectivity index (χ3n) is 4.62. The maximum absolute atomic E-state index is 10.3. The number of aliphatic hydroxyl groups excluding tert-OH is 1. The van der Waals surface area contributed by atoms with E-state index in [0.717, 1.165) is 38.2 Å². The quantitative estimate of drug-likeness (QED) is 0.889. The van der Waals surface area contributed by atoms with E-state index >= 15 is 0 Å². The zero-order valence-corrected chi connectivity index (χ0v) is 13.8. The van der Waals surface area contributed by atoms with Gasteiger partial charge in [0.15, 0.2) is 0 Å². The highest BCUT2D eigenvalue weighted by Gasteiger charge is 2.27. The van der Waals surface area contributed by atoms with Crippen molar-refractivity contribution in [2.75, 3.05) is 18.4 Å². The summed E-state index contributed by atoms with van der Waals surface area (Å²) in [6, 6.07) is 19.2. The number of hydrogen-bond donors (Lipinski definition) is 2. The molecule has 1 heterocycles. The van der Waals surface area contributed by atoms with Gasteiger partial charge in [0.05, 0.1) is 12.1 Å². The molecule has 0 saturated carbocycles. The number of hydrogen-bond acceptors (Lipinski definition) is 3. The number of likely N-dealkylation sites (tertiary alicyclic amines) is 1. The molecule has 1 saturated heterocycles. The third kappa shape index (κ3) is 4.34. The maximum atomic E-state index is 10.3. The summed E-state index contributed by atoms with van der Waals surface area (Å²) < 4.78 is 0. The van der Waals surface area contributed by atoms with Gasteiger partial charge in [-0.3, -0.25) is 4.90 Å². The summed E-state index contributed by atoms with van der Waals surface area (Å²) in [5, 5.41) is 13.8. The molecule has 2 atom stereocenters. The van der Waals surface area contributed by atoms with E-state index in [1.165, 1.54) is 11.1 Å². The van der Waals surface area contributed by atoms with Gasteiger partial charge in [-0.25, -0.2) is 0 Å². The van der Waals surface area contributed by atoms with Gasteiger partial charge in [0.2, 0.25) is 0 Å². The second kappa shape index (κ2) is 7.62. The van der Waals surface area contributed by atoms with Crippen molar-refractivity contribution in [2.24, 2.45) is 0 Å². The summed E-state index contributed by atoms with van der Waals surface area (Å²) in [6.07, 6.45) is 1.59. The Morgan fingerprint density at radius 2 is 1.78 bits per heavy atom. The van der Waals surface area contributed by atoms with E-state index in [2.05, 4.69) is 65.7 Å². The molecule has 0 radical (unpaired) electrons. The van der Waals surface area contributed by atoms with Gasteiger partial charge in [0, 0.05) is 25.3 Å². The largest absolute Gasteiger partial charge is 0.391 e. The Bertz CT molecular complexity index is 597. The highest BCUT2D eigenvalue weighted by Crippen LogP contribution is 2.19. The highest BCUT2D eigenvalue weighted by atomic mass is 16.3. The van der Waals surface area contributed by atoms with Crippen LogP contribution in [0.3, 0.4) is 0 Å². The summed E-state index contributed by atoms with van der Waals surface area (Å²) >= 11 is 0. The topological polar surface area (TPSA) is 35.5 Å². The van der Waals surface area contributed by atoms with Gasteiger partial charge in [-0.1, -0.05) is 49.4 Å². The monoisotopic (exact) mass is 310 g/mol. The number of nitrogens with one attached hydrogen (secondary N) is 1. The van der Waals surface area contributed by atoms with Crippen molar-refractivity contribution >= 4 is 5.69 Å². The smallest absolute Gasteiger partial charge is 0.0765 e. The Morgan fingerprint density at radius 1 is 1.04 bits per heavy atom. The Hall–Kier alpha value is -1.84. The van der Waals surface area contributed by atoms with E-state index in [-0.39, 0.29) is 12.1 Å². The Balaban J connectivity index is 1.61. The van der Waals surface area contributed by atoms with Crippen molar-refractivity contribution in [1.29, 1.82) is 0 Å². The number of benzene rings is 2.